The summed E-state index contributed by atoms with van der Waals surface area (Å²) in [6.07, 6.45) is 5.55. The minimum atomic E-state index is -0.575. The summed E-state index contributed by atoms with van der Waals surface area (Å²) in [4.78, 5) is 10.9. The van der Waals surface area contributed by atoms with Crippen LogP contribution in [0.25, 0.3) is 0 Å². The van der Waals surface area contributed by atoms with Gasteiger partial charge >= 0.3 is 0 Å². The standard InChI is InChI=1S/C12H19NO3/c1-8(13(15)16)11-3-9-2-10(4-11)6-12(14,5-9)7-11/h8-10,14H,2-7H2,1H3. The highest BCUT2D eigenvalue weighted by molar-refractivity contribution is 5.09. The van der Waals surface area contributed by atoms with Crippen LogP contribution in [-0.2, 0) is 0 Å². The van der Waals surface area contributed by atoms with Gasteiger partial charge in [-0.1, -0.05) is 0 Å². The van der Waals surface area contributed by atoms with E-state index in [1.807, 2.05) is 0 Å². The monoisotopic (exact) mass is 225 g/mol. The van der Waals surface area contributed by atoms with E-state index in [0.717, 1.165) is 25.7 Å². The first kappa shape index (κ1) is 10.5. The summed E-state index contributed by atoms with van der Waals surface area (Å²) in [5.74, 6) is 1.07. The molecule has 0 amide bonds. The predicted octanol–water partition coefficient (Wildman–Crippen LogP) is 1.98. The van der Waals surface area contributed by atoms with Gasteiger partial charge in [0.05, 0.1) is 5.60 Å². The number of aliphatic hydroxyl groups is 1. The van der Waals surface area contributed by atoms with Crippen LogP contribution in [0, 0.1) is 27.4 Å². The van der Waals surface area contributed by atoms with Crippen molar-refractivity contribution in [3.05, 3.63) is 10.1 Å². The molecule has 0 radical (unpaired) electrons. The van der Waals surface area contributed by atoms with Crippen LogP contribution in [-0.4, -0.2) is 21.7 Å². The molecule has 4 saturated carbocycles. The fourth-order valence-electron chi connectivity index (χ4n) is 5.00. The zero-order valence-corrected chi connectivity index (χ0v) is 9.69. The van der Waals surface area contributed by atoms with Gasteiger partial charge < -0.3 is 5.11 Å². The molecule has 4 aliphatic carbocycles. The number of nitrogens with zero attached hydrogens (tertiary/aromatic N) is 1. The molecule has 1 N–H and O–H groups in total. The first-order valence-electron chi connectivity index (χ1n) is 6.28. The Labute approximate surface area is 95.2 Å². The summed E-state index contributed by atoms with van der Waals surface area (Å²) >= 11 is 0. The number of nitro groups is 1. The van der Waals surface area contributed by atoms with E-state index in [9.17, 15) is 15.2 Å². The van der Waals surface area contributed by atoms with E-state index >= 15 is 0 Å². The minimum absolute atomic E-state index is 0.142. The van der Waals surface area contributed by atoms with Gasteiger partial charge in [-0.05, 0) is 50.4 Å². The van der Waals surface area contributed by atoms with E-state index < -0.39 is 11.6 Å². The van der Waals surface area contributed by atoms with E-state index in [2.05, 4.69) is 0 Å². The van der Waals surface area contributed by atoms with Crippen LogP contribution < -0.4 is 0 Å². The Kier molecular flexibility index (Phi) is 1.95. The third-order valence-electron chi connectivity index (χ3n) is 5.28. The molecule has 4 nitrogen and oxygen atoms in total. The lowest BCUT2D eigenvalue weighted by atomic mass is 9.46. The predicted molar refractivity (Wildman–Crippen MR) is 58.5 cm³/mol. The molecular weight excluding hydrogens is 206 g/mol. The van der Waals surface area contributed by atoms with E-state index in [1.165, 1.54) is 6.42 Å². The van der Waals surface area contributed by atoms with Gasteiger partial charge in [0, 0.05) is 17.3 Å². The average molecular weight is 225 g/mol. The molecule has 0 heterocycles. The molecule has 4 bridgehead atoms. The van der Waals surface area contributed by atoms with E-state index in [-0.39, 0.29) is 10.3 Å². The van der Waals surface area contributed by atoms with Crippen LogP contribution in [0.15, 0.2) is 0 Å². The maximum absolute atomic E-state index is 11.0. The second kappa shape index (κ2) is 2.97. The van der Waals surface area contributed by atoms with Crippen molar-refractivity contribution < 1.29 is 10.0 Å². The highest BCUT2D eigenvalue weighted by Gasteiger charge is 2.61. The van der Waals surface area contributed by atoms with Crippen LogP contribution in [0.4, 0.5) is 0 Å². The van der Waals surface area contributed by atoms with Gasteiger partial charge in [-0.15, -0.1) is 0 Å². The molecule has 3 unspecified atom stereocenters. The van der Waals surface area contributed by atoms with Crippen molar-refractivity contribution in [1.82, 2.24) is 0 Å². The second-order valence-electron chi connectivity index (χ2n) is 6.51. The highest BCUT2D eigenvalue weighted by atomic mass is 16.6. The third kappa shape index (κ3) is 1.32. The number of hydrogen-bond acceptors (Lipinski definition) is 3. The van der Waals surface area contributed by atoms with Crippen LogP contribution in [0.5, 0.6) is 0 Å². The Morgan fingerprint density at radius 1 is 1.31 bits per heavy atom. The smallest absolute Gasteiger partial charge is 0.216 e. The molecule has 16 heavy (non-hydrogen) atoms. The topological polar surface area (TPSA) is 63.4 Å². The lowest BCUT2D eigenvalue weighted by Crippen LogP contribution is -2.59. The highest BCUT2D eigenvalue weighted by Crippen LogP contribution is 2.63. The lowest BCUT2D eigenvalue weighted by Gasteiger charge is -2.60. The zero-order chi connectivity index (χ0) is 11.6. The normalized spacial score (nSPS) is 51.6. The van der Waals surface area contributed by atoms with Crippen LogP contribution >= 0.6 is 0 Å². The Bertz CT molecular complexity index is 327. The van der Waals surface area contributed by atoms with Gasteiger partial charge in [0.2, 0.25) is 6.04 Å². The first-order valence-corrected chi connectivity index (χ1v) is 6.28. The molecule has 3 atom stereocenters. The Hall–Kier alpha value is -0.640. The minimum Gasteiger partial charge on any atom is -0.390 e. The number of rotatable bonds is 2. The van der Waals surface area contributed by atoms with Crippen molar-refractivity contribution in [2.45, 2.75) is 57.1 Å². The van der Waals surface area contributed by atoms with Crippen molar-refractivity contribution in [2.75, 3.05) is 0 Å². The van der Waals surface area contributed by atoms with Gasteiger partial charge in [-0.25, -0.2) is 0 Å². The molecule has 0 aliphatic heterocycles. The van der Waals surface area contributed by atoms with Gasteiger partial charge in [-0.3, -0.25) is 10.1 Å². The molecular formula is C12H19NO3. The first-order chi connectivity index (χ1) is 7.42. The molecule has 0 aromatic rings. The summed E-state index contributed by atoms with van der Waals surface area (Å²) in [6, 6.07) is -0.495. The van der Waals surface area contributed by atoms with Crippen LogP contribution in [0.2, 0.25) is 0 Å². The largest absolute Gasteiger partial charge is 0.390 e. The Balaban J connectivity index is 1.94. The maximum Gasteiger partial charge on any atom is 0.216 e. The molecule has 0 aromatic carbocycles. The van der Waals surface area contributed by atoms with Gasteiger partial charge in [0.25, 0.3) is 0 Å². The third-order valence-corrected chi connectivity index (χ3v) is 5.28. The van der Waals surface area contributed by atoms with Crippen molar-refractivity contribution in [1.29, 1.82) is 0 Å². The van der Waals surface area contributed by atoms with Gasteiger partial charge in [0.15, 0.2) is 0 Å². The summed E-state index contributed by atoms with van der Waals surface area (Å²) in [7, 11) is 0. The van der Waals surface area contributed by atoms with E-state index in [1.54, 1.807) is 6.92 Å². The average Bonchev–Trinajstić information content (AvgIpc) is 2.12. The molecule has 4 fully saturated rings. The molecule has 4 rings (SSSR count). The SMILES string of the molecule is CC([N+](=O)[O-])C12CC3CC(CC(O)(C3)C1)C2. The molecule has 4 aliphatic rings. The zero-order valence-electron chi connectivity index (χ0n) is 9.69. The number of hydrogen-bond donors (Lipinski definition) is 1. The summed E-state index contributed by atoms with van der Waals surface area (Å²) in [6.45, 7) is 1.73. The van der Waals surface area contributed by atoms with Crippen LogP contribution in [0.3, 0.4) is 0 Å². The fourth-order valence-corrected chi connectivity index (χ4v) is 5.00. The van der Waals surface area contributed by atoms with E-state index in [0.29, 0.717) is 18.3 Å². The fraction of sp³-hybridized carbons (Fsp3) is 1.00. The lowest BCUT2D eigenvalue weighted by molar-refractivity contribution is -0.545. The van der Waals surface area contributed by atoms with Gasteiger partial charge in [0.1, 0.15) is 0 Å². The van der Waals surface area contributed by atoms with Crippen molar-refractivity contribution in [3.8, 4) is 0 Å². The summed E-state index contributed by atoms with van der Waals surface area (Å²) in [5, 5.41) is 21.5. The Morgan fingerprint density at radius 3 is 2.31 bits per heavy atom. The molecule has 0 saturated heterocycles. The summed E-state index contributed by atoms with van der Waals surface area (Å²) < 4.78 is 0. The van der Waals surface area contributed by atoms with Crippen LogP contribution in [0.1, 0.15) is 45.4 Å². The second-order valence-corrected chi connectivity index (χ2v) is 6.51. The van der Waals surface area contributed by atoms with Crippen molar-refractivity contribution in [3.63, 3.8) is 0 Å². The molecule has 4 heteroatoms. The van der Waals surface area contributed by atoms with Gasteiger partial charge in [-0.2, -0.15) is 0 Å². The quantitative estimate of drug-likeness (QED) is 0.577. The summed E-state index contributed by atoms with van der Waals surface area (Å²) in [5.41, 5.74) is -0.781. The van der Waals surface area contributed by atoms with Crippen molar-refractivity contribution >= 4 is 0 Å². The Morgan fingerprint density at radius 2 is 1.88 bits per heavy atom. The van der Waals surface area contributed by atoms with Crippen molar-refractivity contribution in [2.24, 2.45) is 17.3 Å². The molecule has 0 aromatic heterocycles. The molecule has 90 valence electrons. The van der Waals surface area contributed by atoms with E-state index in [4.69, 9.17) is 0 Å². The molecule has 0 spiro atoms. The maximum atomic E-state index is 11.0.